The van der Waals surface area contributed by atoms with E-state index in [1.165, 1.54) is 0 Å². The van der Waals surface area contributed by atoms with Crippen LogP contribution in [0.1, 0.15) is 28.3 Å². The molecule has 0 saturated carbocycles. The van der Waals surface area contributed by atoms with Gasteiger partial charge in [0.05, 0.1) is 0 Å². The van der Waals surface area contributed by atoms with Gasteiger partial charge in [0, 0.05) is 17.9 Å². The number of hydrogen-bond acceptors (Lipinski definition) is 3. The second-order valence-corrected chi connectivity index (χ2v) is 5.58. The molecule has 2 amide bonds. The maximum Gasteiger partial charge on any atom is 0.329 e. The number of rotatable bonds is 4. The summed E-state index contributed by atoms with van der Waals surface area (Å²) >= 11 is 0. The summed E-state index contributed by atoms with van der Waals surface area (Å²) in [6.07, 6.45) is 0.0377. The zero-order chi connectivity index (χ0) is 17.1. The maximum atomic E-state index is 12.3. The summed E-state index contributed by atoms with van der Waals surface area (Å²) < 4.78 is 0. The van der Waals surface area contributed by atoms with Gasteiger partial charge in [0.1, 0.15) is 0 Å². The Kier molecular flexibility index (Phi) is 4.29. The first-order valence-corrected chi connectivity index (χ1v) is 7.54. The molecule has 1 fully saturated rings. The lowest BCUT2D eigenvalue weighted by Crippen LogP contribution is -2.51. The first-order chi connectivity index (χ1) is 11.6. The summed E-state index contributed by atoms with van der Waals surface area (Å²) in [5.41, 5.74) is 3.56. The molecule has 24 heavy (non-hydrogen) atoms. The fraction of sp³-hybridized carbons (Fsp3) is 0.167. The van der Waals surface area contributed by atoms with Crippen molar-refractivity contribution in [2.75, 3.05) is 0 Å². The molecule has 2 aromatic carbocycles. The second kappa shape index (κ2) is 6.54. The van der Waals surface area contributed by atoms with Crippen molar-refractivity contribution in [1.82, 2.24) is 10.4 Å². The van der Waals surface area contributed by atoms with Gasteiger partial charge in [-0.15, -0.1) is 0 Å². The standard InChI is InChI=1S/C18H16N2O4/c21-15-11-14(12-7-3-1-4-8-12)16(18(23)24)20(15)19-17(22)13-9-5-2-6-10-13/h1-10,14,16H,11H2,(H,19,22)(H,23,24). The van der Waals surface area contributed by atoms with Crippen molar-refractivity contribution in [3.8, 4) is 0 Å². The van der Waals surface area contributed by atoms with Crippen molar-refractivity contribution in [2.45, 2.75) is 18.4 Å². The number of carboxylic acids is 1. The molecule has 1 aliphatic heterocycles. The van der Waals surface area contributed by atoms with Gasteiger partial charge in [-0.05, 0) is 17.7 Å². The number of aliphatic carboxylic acids is 1. The van der Waals surface area contributed by atoms with Gasteiger partial charge in [-0.3, -0.25) is 15.0 Å². The largest absolute Gasteiger partial charge is 0.480 e. The quantitative estimate of drug-likeness (QED) is 0.898. The number of hydrogen-bond donors (Lipinski definition) is 2. The van der Waals surface area contributed by atoms with E-state index in [9.17, 15) is 19.5 Å². The van der Waals surface area contributed by atoms with Gasteiger partial charge in [-0.2, -0.15) is 0 Å². The number of hydrazine groups is 1. The van der Waals surface area contributed by atoms with Crippen LogP contribution in [0.5, 0.6) is 0 Å². The summed E-state index contributed by atoms with van der Waals surface area (Å²) in [7, 11) is 0. The second-order valence-electron chi connectivity index (χ2n) is 5.58. The van der Waals surface area contributed by atoms with Gasteiger partial charge in [-0.1, -0.05) is 48.5 Å². The highest BCUT2D eigenvalue weighted by molar-refractivity contribution is 5.97. The van der Waals surface area contributed by atoms with Crippen molar-refractivity contribution in [2.24, 2.45) is 0 Å². The average molecular weight is 324 g/mol. The summed E-state index contributed by atoms with van der Waals surface area (Å²) in [6, 6.07) is 16.2. The molecule has 6 heteroatoms. The molecule has 6 nitrogen and oxygen atoms in total. The molecule has 2 N–H and O–H groups in total. The number of nitrogens with one attached hydrogen (secondary N) is 1. The lowest BCUT2D eigenvalue weighted by Gasteiger charge is -2.25. The molecule has 2 unspecified atom stereocenters. The fourth-order valence-electron chi connectivity index (χ4n) is 2.91. The monoisotopic (exact) mass is 324 g/mol. The van der Waals surface area contributed by atoms with Crippen molar-refractivity contribution in [3.05, 3.63) is 71.8 Å². The first kappa shape index (κ1) is 15.7. The van der Waals surface area contributed by atoms with Crippen molar-refractivity contribution < 1.29 is 19.5 Å². The molecule has 3 rings (SSSR count). The van der Waals surface area contributed by atoms with Crippen LogP contribution in [-0.4, -0.2) is 33.9 Å². The van der Waals surface area contributed by atoms with E-state index in [0.717, 1.165) is 10.6 Å². The van der Waals surface area contributed by atoms with E-state index in [4.69, 9.17) is 0 Å². The molecule has 0 radical (unpaired) electrons. The molecule has 1 aliphatic rings. The van der Waals surface area contributed by atoms with Crippen LogP contribution in [0, 0.1) is 0 Å². The molecule has 2 aromatic rings. The molecule has 0 spiro atoms. The van der Waals surface area contributed by atoms with E-state index in [1.807, 2.05) is 6.07 Å². The van der Waals surface area contributed by atoms with Gasteiger partial charge < -0.3 is 5.11 Å². The Bertz CT molecular complexity index is 761. The predicted octanol–water partition coefficient (Wildman–Crippen LogP) is 1.80. The molecule has 122 valence electrons. The summed E-state index contributed by atoms with van der Waals surface area (Å²) in [5, 5.41) is 10.5. The third-order valence-corrected chi connectivity index (χ3v) is 4.06. The van der Waals surface area contributed by atoms with E-state index < -0.39 is 29.7 Å². The number of nitrogens with zero attached hydrogens (tertiary/aromatic N) is 1. The van der Waals surface area contributed by atoms with E-state index in [2.05, 4.69) is 5.43 Å². The Balaban J connectivity index is 1.85. The summed E-state index contributed by atoms with van der Waals surface area (Å²) in [5.74, 6) is -2.58. The Morgan fingerprint density at radius 2 is 1.58 bits per heavy atom. The zero-order valence-corrected chi connectivity index (χ0v) is 12.8. The lowest BCUT2D eigenvalue weighted by atomic mass is 9.92. The van der Waals surface area contributed by atoms with Gasteiger partial charge in [0.15, 0.2) is 6.04 Å². The number of benzene rings is 2. The third kappa shape index (κ3) is 2.99. The van der Waals surface area contributed by atoms with Gasteiger partial charge in [0.2, 0.25) is 5.91 Å². The zero-order valence-electron chi connectivity index (χ0n) is 12.8. The van der Waals surface area contributed by atoms with E-state index in [1.54, 1.807) is 54.6 Å². The van der Waals surface area contributed by atoms with Gasteiger partial charge >= 0.3 is 5.97 Å². The van der Waals surface area contributed by atoms with Crippen molar-refractivity contribution in [1.29, 1.82) is 0 Å². The number of carbonyl (C=O) groups excluding carboxylic acids is 2. The number of carbonyl (C=O) groups is 3. The van der Waals surface area contributed by atoms with Crippen LogP contribution in [0.3, 0.4) is 0 Å². The molecule has 0 aromatic heterocycles. The topological polar surface area (TPSA) is 86.7 Å². The van der Waals surface area contributed by atoms with Crippen LogP contribution >= 0.6 is 0 Å². The van der Waals surface area contributed by atoms with Crippen molar-refractivity contribution in [3.63, 3.8) is 0 Å². The van der Waals surface area contributed by atoms with E-state index >= 15 is 0 Å². The first-order valence-electron chi connectivity index (χ1n) is 7.54. The molecular formula is C18H16N2O4. The van der Waals surface area contributed by atoms with E-state index in [0.29, 0.717) is 5.56 Å². The smallest absolute Gasteiger partial charge is 0.329 e. The average Bonchev–Trinajstić information content (AvgIpc) is 2.93. The SMILES string of the molecule is O=C(NN1C(=O)CC(c2ccccc2)C1C(=O)O)c1ccccc1. The fourth-order valence-corrected chi connectivity index (χ4v) is 2.91. The van der Waals surface area contributed by atoms with Crippen molar-refractivity contribution >= 4 is 17.8 Å². The molecule has 0 bridgehead atoms. The molecule has 1 saturated heterocycles. The Labute approximate surface area is 138 Å². The minimum Gasteiger partial charge on any atom is -0.480 e. The maximum absolute atomic E-state index is 12.3. The number of carboxylic acid groups (broad SMARTS) is 1. The highest BCUT2D eigenvalue weighted by atomic mass is 16.4. The van der Waals surface area contributed by atoms with Crippen LogP contribution in [0.2, 0.25) is 0 Å². The van der Waals surface area contributed by atoms with Gasteiger partial charge in [0.25, 0.3) is 5.91 Å². The summed E-state index contributed by atoms with van der Waals surface area (Å²) in [4.78, 5) is 36.3. The molecule has 2 atom stereocenters. The van der Waals surface area contributed by atoms with Crippen LogP contribution in [0.4, 0.5) is 0 Å². The minimum absolute atomic E-state index is 0.0377. The Morgan fingerprint density at radius 3 is 2.17 bits per heavy atom. The van der Waals surface area contributed by atoms with Crippen LogP contribution in [0.15, 0.2) is 60.7 Å². The minimum atomic E-state index is -1.15. The molecular weight excluding hydrogens is 308 g/mol. The highest BCUT2D eigenvalue weighted by Crippen LogP contribution is 2.33. The van der Waals surface area contributed by atoms with Crippen LogP contribution < -0.4 is 5.43 Å². The van der Waals surface area contributed by atoms with Gasteiger partial charge in [-0.25, -0.2) is 9.80 Å². The third-order valence-electron chi connectivity index (χ3n) is 4.06. The Hall–Kier alpha value is -3.15. The normalized spacial score (nSPS) is 20.0. The number of amides is 2. The highest BCUT2D eigenvalue weighted by Gasteiger charge is 2.46. The molecule has 1 heterocycles. The van der Waals surface area contributed by atoms with Crippen LogP contribution in [0.25, 0.3) is 0 Å². The lowest BCUT2D eigenvalue weighted by molar-refractivity contribution is -0.148. The molecule has 0 aliphatic carbocycles. The van der Waals surface area contributed by atoms with Crippen LogP contribution in [-0.2, 0) is 9.59 Å². The van der Waals surface area contributed by atoms with E-state index in [-0.39, 0.29) is 6.42 Å². The predicted molar refractivity (Wildman–Crippen MR) is 86.0 cm³/mol. The summed E-state index contributed by atoms with van der Waals surface area (Å²) in [6.45, 7) is 0. The Morgan fingerprint density at radius 1 is 1.00 bits per heavy atom.